The van der Waals surface area contributed by atoms with E-state index in [0.29, 0.717) is 5.02 Å². The highest BCUT2D eigenvalue weighted by molar-refractivity contribution is 6.65. The van der Waals surface area contributed by atoms with Crippen molar-refractivity contribution in [3.63, 3.8) is 0 Å². The molecule has 82 valence electrons. The van der Waals surface area contributed by atoms with Crippen LogP contribution in [0.1, 0.15) is 27.7 Å². The minimum Gasteiger partial charge on any atom is -0.471 e. The van der Waals surface area contributed by atoms with Crippen molar-refractivity contribution in [2.45, 2.75) is 38.9 Å². The Balaban J connectivity index is 2.27. The molecule has 3 nitrogen and oxygen atoms in total. The first-order valence-corrected chi connectivity index (χ1v) is 5.28. The van der Waals surface area contributed by atoms with Gasteiger partial charge in [0.15, 0.2) is 0 Å². The molecule has 1 aliphatic heterocycles. The SMILES string of the molecule is CC1(C)OB(c2cocc2Cl)OC1(C)C. The van der Waals surface area contributed by atoms with Gasteiger partial charge in [0.25, 0.3) is 0 Å². The van der Waals surface area contributed by atoms with Crippen molar-refractivity contribution >= 4 is 24.2 Å². The maximum absolute atomic E-state index is 5.95. The molecule has 0 amide bonds. The standard InChI is InChI=1S/C10H14BClO3/c1-9(2)10(3,4)15-11(14-9)7-5-13-6-8(7)12/h5-6H,1-4H3. The summed E-state index contributed by atoms with van der Waals surface area (Å²) in [5, 5.41) is 0.536. The van der Waals surface area contributed by atoms with E-state index >= 15 is 0 Å². The van der Waals surface area contributed by atoms with E-state index < -0.39 is 7.12 Å². The molecule has 1 aromatic heterocycles. The second-order valence-electron chi connectivity index (χ2n) is 4.76. The summed E-state index contributed by atoms with van der Waals surface area (Å²) in [6, 6.07) is 0. The Morgan fingerprint density at radius 3 is 2.00 bits per heavy atom. The van der Waals surface area contributed by atoms with Crippen LogP contribution in [0.2, 0.25) is 5.02 Å². The van der Waals surface area contributed by atoms with E-state index in [4.69, 9.17) is 25.3 Å². The summed E-state index contributed by atoms with van der Waals surface area (Å²) < 4.78 is 16.6. The van der Waals surface area contributed by atoms with Crippen molar-refractivity contribution < 1.29 is 13.7 Å². The molecular formula is C10H14BClO3. The number of furan rings is 1. The molecule has 0 aliphatic carbocycles. The number of rotatable bonds is 1. The summed E-state index contributed by atoms with van der Waals surface area (Å²) in [6.45, 7) is 8.00. The lowest BCUT2D eigenvalue weighted by molar-refractivity contribution is 0.00578. The molecule has 0 N–H and O–H groups in total. The lowest BCUT2D eigenvalue weighted by Gasteiger charge is -2.32. The van der Waals surface area contributed by atoms with Crippen LogP contribution in [0.15, 0.2) is 16.9 Å². The fraction of sp³-hybridized carbons (Fsp3) is 0.600. The molecule has 0 bridgehead atoms. The van der Waals surface area contributed by atoms with Crippen molar-refractivity contribution in [1.29, 1.82) is 0 Å². The molecule has 15 heavy (non-hydrogen) atoms. The molecule has 2 rings (SSSR count). The zero-order valence-corrected chi connectivity index (χ0v) is 10.1. The third kappa shape index (κ3) is 1.71. The summed E-state index contributed by atoms with van der Waals surface area (Å²) >= 11 is 5.95. The molecule has 1 fully saturated rings. The van der Waals surface area contributed by atoms with Gasteiger partial charge < -0.3 is 13.7 Å². The van der Waals surface area contributed by atoms with Gasteiger partial charge >= 0.3 is 7.12 Å². The topological polar surface area (TPSA) is 31.6 Å². The summed E-state index contributed by atoms with van der Waals surface area (Å²) in [4.78, 5) is 0. The van der Waals surface area contributed by atoms with Crippen LogP contribution < -0.4 is 5.46 Å². The van der Waals surface area contributed by atoms with Crippen molar-refractivity contribution in [2.75, 3.05) is 0 Å². The molecule has 2 heterocycles. The van der Waals surface area contributed by atoms with Crippen LogP contribution in [-0.4, -0.2) is 18.3 Å². The Morgan fingerprint density at radius 1 is 1.07 bits per heavy atom. The fourth-order valence-corrected chi connectivity index (χ4v) is 1.61. The molecule has 1 saturated heterocycles. The largest absolute Gasteiger partial charge is 0.499 e. The molecule has 0 unspecified atom stereocenters. The van der Waals surface area contributed by atoms with E-state index in [-0.39, 0.29) is 11.2 Å². The van der Waals surface area contributed by atoms with Crippen LogP contribution in [0.3, 0.4) is 0 Å². The van der Waals surface area contributed by atoms with E-state index in [1.165, 1.54) is 6.26 Å². The monoisotopic (exact) mass is 228 g/mol. The highest BCUT2D eigenvalue weighted by Crippen LogP contribution is 2.36. The molecule has 0 aromatic carbocycles. The van der Waals surface area contributed by atoms with E-state index in [1.807, 2.05) is 27.7 Å². The maximum atomic E-state index is 5.95. The third-order valence-corrected chi connectivity index (χ3v) is 3.46. The van der Waals surface area contributed by atoms with Gasteiger partial charge in [-0.15, -0.1) is 0 Å². The quantitative estimate of drug-likeness (QED) is 0.691. The number of hydrogen-bond donors (Lipinski definition) is 0. The van der Waals surface area contributed by atoms with Crippen LogP contribution in [-0.2, 0) is 9.31 Å². The van der Waals surface area contributed by atoms with Crippen molar-refractivity contribution in [3.05, 3.63) is 17.5 Å². The predicted octanol–water partition coefficient (Wildman–Crippen LogP) is 2.23. The Hall–Kier alpha value is -0.445. The third-order valence-electron chi connectivity index (χ3n) is 3.15. The van der Waals surface area contributed by atoms with Crippen LogP contribution in [0, 0.1) is 0 Å². The Kier molecular flexibility index (Phi) is 2.41. The highest BCUT2D eigenvalue weighted by Gasteiger charge is 2.52. The van der Waals surface area contributed by atoms with Gasteiger partial charge in [0.2, 0.25) is 0 Å². The van der Waals surface area contributed by atoms with Gasteiger partial charge in [0.05, 0.1) is 22.5 Å². The first-order chi connectivity index (χ1) is 6.83. The van der Waals surface area contributed by atoms with Crippen molar-refractivity contribution in [3.8, 4) is 0 Å². The van der Waals surface area contributed by atoms with Gasteiger partial charge in [-0.3, -0.25) is 0 Å². The van der Waals surface area contributed by atoms with Crippen LogP contribution >= 0.6 is 11.6 Å². The normalized spacial score (nSPS) is 23.4. The first kappa shape index (κ1) is 11.1. The summed E-state index contributed by atoms with van der Waals surface area (Å²) in [7, 11) is -0.443. The zero-order chi connectivity index (χ0) is 11.3. The first-order valence-electron chi connectivity index (χ1n) is 4.91. The molecule has 0 atom stereocenters. The molecule has 0 spiro atoms. The number of hydrogen-bond acceptors (Lipinski definition) is 3. The highest BCUT2D eigenvalue weighted by atomic mass is 35.5. The van der Waals surface area contributed by atoms with E-state index in [0.717, 1.165) is 5.46 Å². The lowest BCUT2D eigenvalue weighted by Crippen LogP contribution is -2.41. The van der Waals surface area contributed by atoms with Crippen LogP contribution in [0.25, 0.3) is 0 Å². The Morgan fingerprint density at radius 2 is 1.60 bits per heavy atom. The average molecular weight is 228 g/mol. The summed E-state index contributed by atoms with van der Waals surface area (Å²) in [5.74, 6) is 0. The van der Waals surface area contributed by atoms with E-state index in [1.54, 1.807) is 6.26 Å². The minimum absolute atomic E-state index is 0.349. The summed E-state index contributed by atoms with van der Waals surface area (Å²) in [6.07, 6.45) is 3.03. The van der Waals surface area contributed by atoms with Crippen molar-refractivity contribution in [1.82, 2.24) is 0 Å². The van der Waals surface area contributed by atoms with Gasteiger partial charge in [-0.25, -0.2) is 0 Å². The minimum atomic E-state index is -0.443. The van der Waals surface area contributed by atoms with Gasteiger partial charge in [-0.05, 0) is 27.7 Å². The van der Waals surface area contributed by atoms with E-state index in [2.05, 4.69) is 0 Å². The van der Waals surface area contributed by atoms with Gasteiger partial charge in [0, 0.05) is 5.46 Å². The molecular weight excluding hydrogens is 214 g/mol. The van der Waals surface area contributed by atoms with Gasteiger partial charge in [-0.1, -0.05) is 11.6 Å². The molecule has 1 aliphatic rings. The van der Waals surface area contributed by atoms with Gasteiger partial charge in [0.1, 0.15) is 6.26 Å². The van der Waals surface area contributed by atoms with E-state index in [9.17, 15) is 0 Å². The molecule has 0 saturated carbocycles. The Bertz CT molecular complexity index is 356. The molecule has 0 radical (unpaired) electrons. The van der Waals surface area contributed by atoms with Crippen LogP contribution in [0.4, 0.5) is 0 Å². The molecule has 5 heteroatoms. The second-order valence-corrected chi connectivity index (χ2v) is 5.17. The van der Waals surface area contributed by atoms with Crippen LogP contribution in [0.5, 0.6) is 0 Å². The maximum Gasteiger partial charge on any atom is 0.499 e. The average Bonchev–Trinajstić information content (AvgIpc) is 2.55. The lowest BCUT2D eigenvalue weighted by atomic mass is 9.81. The van der Waals surface area contributed by atoms with Crippen molar-refractivity contribution in [2.24, 2.45) is 0 Å². The summed E-state index contributed by atoms with van der Waals surface area (Å²) in [5.41, 5.74) is 0.0478. The predicted molar refractivity (Wildman–Crippen MR) is 59.4 cm³/mol. The second kappa shape index (κ2) is 3.27. The number of halogens is 1. The fourth-order valence-electron chi connectivity index (χ4n) is 1.43. The zero-order valence-electron chi connectivity index (χ0n) is 9.33. The smallest absolute Gasteiger partial charge is 0.471 e. The van der Waals surface area contributed by atoms with Gasteiger partial charge in [-0.2, -0.15) is 0 Å². The Labute approximate surface area is 94.8 Å². The molecule has 1 aromatic rings.